The number of rotatable bonds is 3. The van der Waals surface area contributed by atoms with Crippen molar-refractivity contribution in [1.82, 2.24) is 10.2 Å². The molecule has 4 heteroatoms. The number of hydrogen-bond acceptors (Lipinski definition) is 3. The van der Waals surface area contributed by atoms with E-state index in [-0.39, 0.29) is 11.9 Å². The second kappa shape index (κ2) is 4.85. The summed E-state index contributed by atoms with van der Waals surface area (Å²) in [6.45, 7) is 1.89. The summed E-state index contributed by atoms with van der Waals surface area (Å²) in [6.07, 6.45) is 5.18. The van der Waals surface area contributed by atoms with Gasteiger partial charge in [0, 0.05) is 18.0 Å². The predicted octanol–water partition coefficient (Wildman–Crippen LogP) is 2.44. The lowest BCUT2D eigenvalue weighted by Gasteiger charge is -2.27. The van der Waals surface area contributed by atoms with Crippen LogP contribution in [0.4, 0.5) is 0 Å². The predicted molar refractivity (Wildman–Crippen MR) is 80.7 cm³/mol. The van der Waals surface area contributed by atoms with Gasteiger partial charge < -0.3 is 10.2 Å². The van der Waals surface area contributed by atoms with Crippen LogP contribution < -0.4 is 5.32 Å². The van der Waals surface area contributed by atoms with Crippen molar-refractivity contribution in [3.63, 3.8) is 0 Å². The van der Waals surface area contributed by atoms with Gasteiger partial charge in [-0.1, -0.05) is 0 Å². The van der Waals surface area contributed by atoms with E-state index in [9.17, 15) is 4.79 Å². The molecule has 4 atom stereocenters. The minimum absolute atomic E-state index is 0.121. The molecule has 3 aliphatic rings. The molecule has 0 aromatic carbocycles. The van der Waals surface area contributed by atoms with Gasteiger partial charge in [0.05, 0.1) is 0 Å². The van der Waals surface area contributed by atoms with Gasteiger partial charge in [0.1, 0.15) is 6.04 Å². The molecule has 2 aliphatic carbocycles. The molecule has 1 amide bonds. The lowest BCUT2D eigenvalue weighted by Crippen LogP contribution is -2.41. The zero-order valence-electron chi connectivity index (χ0n) is 12.0. The standard InChI is InChI=1S/C16H22N2OS/c1-17-14-15-10(5-7-20-15)4-6-18(16(14)19)9-12-3-2-11-8-13(11)12/h5,7,11-14,17H,2-4,6,8-9H2,1H3. The fourth-order valence-electron chi connectivity index (χ4n) is 4.24. The Labute approximate surface area is 124 Å². The molecule has 1 N–H and O–H groups in total. The highest BCUT2D eigenvalue weighted by molar-refractivity contribution is 7.10. The van der Waals surface area contributed by atoms with Gasteiger partial charge in [-0.15, -0.1) is 11.3 Å². The van der Waals surface area contributed by atoms with Gasteiger partial charge >= 0.3 is 0 Å². The quantitative estimate of drug-likeness (QED) is 0.927. The smallest absolute Gasteiger partial charge is 0.245 e. The Balaban J connectivity index is 1.53. The van der Waals surface area contributed by atoms with E-state index in [1.807, 2.05) is 7.05 Å². The SMILES string of the molecule is CNC1C(=O)N(CC2CCC3CC32)CCc2ccsc21. The molecular formula is C16H22N2OS. The van der Waals surface area contributed by atoms with E-state index in [0.717, 1.165) is 37.3 Å². The number of amides is 1. The highest BCUT2D eigenvalue weighted by atomic mass is 32.1. The summed E-state index contributed by atoms with van der Waals surface area (Å²) in [5.41, 5.74) is 1.36. The first-order valence-electron chi connectivity index (χ1n) is 7.80. The summed E-state index contributed by atoms with van der Waals surface area (Å²) in [6, 6.07) is 2.07. The van der Waals surface area contributed by atoms with Crippen LogP contribution >= 0.6 is 11.3 Å². The third-order valence-corrected chi connectivity index (χ3v) is 6.51. The molecule has 4 rings (SSSR count). The molecule has 2 heterocycles. The van der Waals surface area contributed by atoms with Gasteiger partial charge in [0.15, 0.2) is 0 Å². The summed E-state index contributed by atoms with van der Waals surface area (Å²) < 4.78 is 0. The molecule has 0 spiro atoms. The second-order valence-corrected chi connectivity index (χ2v) is 7.51. The Morgan fingerprint density at radius 3 is 3.05 bits per heavy atom. The van der Waals surface area contributed by atoms with E-state index < -0.39 is 0 Å². The van der Waals surface area contributed by atoms with Crippen molar-refractivity contribution in [2.24, 2.45) is 17.8 Å². The highest BCUT2D eigenvalue weighted by Crippen LogP contribution is 2.55. The fraction of sp³-hybridized carbons (Fsp3) is 0.688. The van der Waals surface area contributed by atoms with Crippen LogP contribution in [-0.4, -0.2) is 30.9 Å². The van der Waals surface area contributed by atoms with E-state index in [4.69, 9.17) is 0 Å². The van der Waals surface area contributed by atoms with Crippen molar-refractivity contribution in [3.8, 4) is 0 Å². The number of likely N-dealkylation sites (N-methyl/N-ethyl adjacent to an activating group) is 1. The van der Waals surface area contributed by atoms with Crippen molar-refractivity contribution in [3.05, 3.63) is 21.9 Å². The van der Waals surface area contributed by atoms with Crippen LogP contribution in [0.1, 0.15) is 35.7 Å². The Morgan fingerprint density at radius 1 is 1.45 bits per heavy atom. The molecule has 1 aliphatic heterocycles. The first-order chi connectivity index (χ1) is 9.78. The number of carbonyl (C=O) groups is 1. The van der Waals surface area contributed by atoms with E-state index in [2.05, 4.69) is 21.7 Å². The van der Waals surface area contributed by atoms with E-state index >= 15 is 0 Å². The summed E-state index contributed by atoms with van der Waals surface area (Å²) in [5, 5.41) is 5.35. The summed E-state index contributed by atoms with van der Waals surface area (Å²) in [5.74, 6) is 3.01. The number of carbonyl (C=O) groups excluding carboxylic acids is 1. The third-order valence-electron chi connectivity index (χ3n) is 5.49. The largest absolute Gasteiger partial charge is 0.340 e. The van der Waals surface area contributed by atoms with E-state index in [0.29, 0.717) is 0 Å². The molecule has 4 unspecified atom stereocenters. The summed E-state index contributed by atoms with van der Waals surface area (Å²) >= 11 is 1.72. The van der Waals surface area contributed by atoms with Crippen LogP contribution in [0.2, 0.25) is 0 Å². The number of nitrogens with one attached hydrogen (secondary N) is 1. The highest BCUT2D eigenvalue weighted by Gasteiger charge is 2.48. The molecule has 20 heavy (non-hydrogen) atoms. The molecule has 2 saturated carbocycles. The second-order valence-electron chi connectivity index (χ2n) is 6.56. The molecule has 0 radical (unpaired) electrons. The average molecular weight is 290 g/mol. The number of nitrogens with zero attached hydrogens (tertiary/aromatic N) is 1. The van der Waals surface area contributed by atoms with Crippen molar-refractivity contribution < 1.29 is 4.79 Å². The van der Waals surface area contributed by atoms with Crippen molar-refractivity contribution in [2.45, 2.75) is 31.7 Å². The minimum atomic E-state index is -0.121. The van der Waals surface area contributed by atoms with Crippen LogP contribution in [0.3, 0.4) is 0 Å². The van der Waals surface area contributed by atoms with Crippen molar-refractivity contribution in [1.29, 1.82) is 0 Å². The van der Waals surface area contributed by atoms with Gasteiger partial charge in [0.2, 0.25) is 5.91 Å². The number of fused-ring (bicyclic) bond motifs is 2. The Hall–Kier alpha value is -0.870. The maximum Gasteiger partial charge on any atom is 0.245 e. The van der Waals surface area contributed by atoms with Gasteiger partial charge in [0.25, 0.3) is 0 Å². The topological polar surface area (TPSA) is 32.3 Å². The van der Waals surface area contributed by atoms with Crippen LogP contribution in [0.25, 0.3) is 0 Å². The maximum absolute atomic E-state index is 12.8. The number of thiophene rings is 1. The minimum Gasteiger partial charge on any atom is -0.340 e. The molecule has 0 bridgehead atoms. The molecule has 3 nitrogen and oxygen atoms in total. The average Bonchev–Trinajstić information content (AvgIpc) is 2.95. The van der Waals surface area contributed by atoms with Gasteiger partial charge in [-0.2, -0.15) is 0 Å². The first-order valence-corrected chi connectivity index (χ1v) is 8.68. The lowest BCUT2D eigenvalue weighted by atomic mass is 10.0. The Bertz CT molecular complexity index is 526. The zero-order valence-corrected chi connectivity index (χ0v) is 12.8. The van der Waals surface area contributed by atoms with Crippen LogP contribution in [0.5, 0.6) is 0 Å². The van der Waals surface area contributed by atoms with Crippen LogP contribution in [0, 0.1) is 17.8 Å². The Morgan fingerprint density at radius 2 is 2.35 bits per heavy atom. The molecule has 108 valence electrons. The molecular weight excluding hydrogens is 268 g/mol. The van der Waals surface area contributed by atoms with E-state index in [1.165, 1.54) is 29.7 Å². The van der Waals surface area contributed by atoms with Gasteiger partial charge in [-0.3, -0.25) is 4.79 Å². The van der Waals surface area contributed by atoms with Gasteiger partial charge in [-0.25, -0.2) is 0 Å². The molecule has 1 aromatic heterocycles. The lowest BCUT2D eigenvalue weighted by molar-refractivity contribution is -0.133. The van der Waals surface area contributed by atoms with E-state index in [1.54, 1.807) is 11.3 Å². The maximum atomic E-state index is 12.8. The van der Waals surface area contributed by atoms with Crippen LogP contribution in [-0.2, 0) is 11.2 Å². The zero-order chi connectivity index (χ0) is 13.7. The van der Waals surface area contributed by atoms with Crippen molar-refractivity contribution in [2.75, 3.05) is 20.1 Å². The molecule has 1 aromatic rings. The van der Waals surface area contributed by atoms with Crippen LogP contribution in [0.15, 0.2) is 11.4 Å². The number of hydrogen-bond donors (Lipinski definition) is 1. The van der Waals surface area contributed by atoms with Gasteiger partial charge in [-0.05, 0) is 67.5 Å². The normalized spacial score (nSPS) is 35.6. The molecule has 0 saturated heterocycles. The summed E-state index contributed by atoms with van der Waals surface area (Å²) in [7, 11) is 1.90. The monoisotopic (exact) mass is 290 g/mol. The summed E-state index contributed by atoms with van der Waals surface area (Å²) in [4.78, 5) is 16.2. The van der Waals surface area contributed by atoms with Crippen molar-refractivity contribution >= 4 is 17.2 Å². The third kappa shape index (κ3) is 2.01. The first kappa shape index (κ1) is 12.8. The molecule has 2 fully saturated rings. The fourth-order valence-corrected chi connectivity index (χ4v) is 5.29. The Kier molecular flexibility index (Phi) is 3.11.